The lowest BCUT2D eigenvalue weighted by molar-refractivity contribution is -0.116. The number of primary sulfonamides is 1. The highest BCUT2D eigenvalue weighted by molar-refractivity contribution is 7.89. The summed E-state index contributed by atoms with van der Waals surface area (Å²) in [4.78, 5) is 23.7. The minimum absolute atomic E-state index is 0.0267. The van der Waals surface area contributed by atoms with Crippen molar-refractivity contribution in [3.8, 4) is 0 Å². The smallest absolute Gasteiger partial charge is 0.251 e. The number of hydrogen-bond donors (Lipinski definition) is 3. The largest absolute Gasteiger partial charge is 0.352 e. The van der Waals surface area contributed by atoms with Crippen molar-refractivity contribution in [2.45, 2.75) is 11.3 Å². The predicted molar refractivity (Wildman–Crippen MR) is 94.8 cm³/mol. The zero-order chi connectivity index (χ0) is 18.4. The first kappa shape index (κ1) is 18.9. The van der Waals surface area contributed by atoms with Crippen molar-refractivity contribution in [3.63, 3.8) is 0 Å². The van der Waals surface area contributed by atoms with Crippen LogP contribution in [-0.4, -0.2) is 26.8 Å². The number of nitrogens with one attached hydrogen (secondary N) is 2. The predicted octanol–water partition coefficient (Wildman–Crippen LogP) is 1.75. The standard InChI is InChI=1S/C16H16ClN3O4S/c17-12-6-4-11(5-7-12)16(22)19-9-8-15(21)20-13-2-1-3-14(10-13)25(18,23)24/h1-7,10H,8-9H2,(H,19,22)(H,20,21)(H2,18,23,24). The lowest BCUT2D eigenvalue weighted by Crippen LogP contribution is -2.27. The van der Waals surface area contributed by atoms with Crippen LogP contribution < -0.4 is 15.8 Å². The molecule has 0 saturated heterocycles. The topological polar surface area (TPSA) is 118 Å². The molecular formula is C16H16ClN3O4S. The van der Waals surface area contributed by atoms with Gasteiger partial charge in [-0.2, -0.15) is 0 Å². The van der Waals surface area contributed by atoms with E-state index in [1.54, 1.807) is 30.3 Å². The third-order valence-electron chi connectivity index (χ3n) is 3.19. The molecule has 0 aromatic heterocycles. The van der Waals surface area contributed by atoms with Gasteiger partial charge in [0.1, 0.15) is 0 Å². The van der Waals surface area contributed by atoms with Gasteiger partial charge in [-0.05, 0) is 42.5 Å². The van der Waals surface area contributed by atoms with Gasteiger partial charge in [0.15, 0.2) is 0 Å². The molecule has 0 spiro atoms. The Morgan fingerprint density at radius 1 is 1.08 bits per heavy atom. The van der Waals surface area contributed by atoms with Crippen molar-refractivity contribution in [1.29, 1.82) is 0 Å². The fourth-order valence-electron chi connectivity index (χ4n) is 1.97. The number of amides is 2. The fourth-order valence-corrected chi connectivity index (χ4v) is 2.65. The van der Waals surface area contributed by atoms with Gasteiger partial charge in [-0.25, -0.2) is 13.6 Å². The second kappa shape index (κ2) is 8.11. The molecule has 7 nitrogen and oxygen atoms in total. The molecule has 0 aliphatic heterocycles. The molecule has 9 heteroatoms. The van der Waals surface area contributed by atoms with Crippen molar-refractivity contribution < 1.29 is 18.0 Å². The van der Waals surface area contributed by atoms with Crippen molar-refractivity contribution in [2.75, 3.05) is 11.9 Å². The van der Waals surface area contributed by atoms with Crippen molar-refractivity contribution in [1.82, 2.24) is 5.32 Å². The first-order valence-corrected chi connectivity index (χ1v) is 9.14. The number of benzene rings is 2. The summed E-state index contributed by atoms with van der Waals surface area (Å²) in [5.41, 5.74) is 0.742. The van der Waals surface area contributed by atoms with E-state index in [9.17, 15) is 18.0 Å². The van der Waals surface area contributed by atoms with Crippen LogP contribution in [0, 0.1) is 0 Å². The number of nitrogens with two attached hydrogens (primary N) is 1. The van der Waals surface area contributed by atoms with E-state index in [1.165, 1.54) is 18.2 Å². The maximum Gasteiger partial charge on any atom is 0.251 e. The molecule has 0 bridgehead atoms. The molecule has 2 rings (SSSR count). The van der Waals surface area contributed by atoms with Crippen LogP contribution in [0.4, 0.5) is 5.69 Å². The van der Waals surface area contributed by atoms with Crippen LogP contribution in [-0.2, 0) is 14.8 Å². The van der Waals surface area contributed by atoms with Gasteiger partial charge in [-0.3, -0.25) is 9.59 Å². The molecule has 0 heterocycles. The molecule has 0 fully saturated rings. The molecule has 0 atom stereocenters. The van der Waals surface area contributed by atoms with Crippen LogP contribution in [0.5, 0.6) is 0 Å². The van der Waals surface area contributed by atoms with E-state index in [1.807, 2.05) is 0 Å². The second-order valence-corrected chi connectivity index (χ2v) is 7.13. The monoisotopic (exact) mass is 381 g/mol. The van der Waals surface area contributed by atoms with Gasteiger partial charge in [0.05, 0.1) is 4.90 Å². The Labute approximate surface area is 150 Å². The Morgan fingerprint density at radius 3 is 2.40 bits per heavy atom. The highest BCUT2D eigenvalue weighted by Gasteiger charge is 2.10. The van der Waals surface area contributed by atoms with Crippen molar-refractivity contribution in [2.24, 2.45) is 5.14 Å². The number of anilines is 1. The first-order valence-electron chi connectivity index (χ1n) is 7.22. The van der Waals surface area contributed by atoms with E-state index in [0.717, 1.165) is 0 Å². The summed E-state index contributed by atoms with van der Waals surface area (Å²) >= 11 is 5.75. The number of halogens is 1. The summed E-state index contributed by atoms with van der Waals surface area (Å²) in [6.45, 7) is 0.127. The molecule has 0 aliphatic carbocycles. The first-order chi connectivity index (χ1) is 11.8. The van der Waals surface area contributed by atoms with Gasteiger partial charge in [0.2, 0.25) is 15.9 Å². The number of carbonyl (C=O) groups is 2. The highest BCUT2D eigenvalue weighted by Crippen LogP contribution is 2.14. The van der Waals surface area contributed by atoms with Crippen LogP contribution in [0.2, 0.25) is 5.02 Å². The zero-order valence-corrected chi connectivity index (χ0v) is 14.6. The molecule has 0 unspecified atom stereocenters. The molecule has 4 N–H and O–H groups in total. The molecule has 0 saturated carbocycles. The van der Waals surface area contributed by atoms with Crippen LogP contribution in [0.15, 0.2) is 53.4 Å². The molecular weight excluding hydrogens is 366 g/mol. The lowest BCUT2D eigenvalue weighted by atomic mass is 10.2. The van der Waals surface area contributed by atoms with Gasteiger partial charge < -0.3 is 10.6 Å². The van der Waals surface area contributed by atoms with Crippen molar-refractivity contribution >= 4 is 39.1 Å². The third kappa shape index (κ3) is 5.86. The Morgan fingerprint density at radius 2 is 1.76 bits per heavy atom. The van der Waals surface area contributed by atoms with E-state index >= 15 is 0 Å². The van der Waals surface area contributed by atoms with E-state index in [4.69, 9.17) is 16.7 Å². The van der Waals surface area contributed by atoms with Gasteiger partial charge in [-0.1, -0.05) is 17.7 Å². The Kier molecular flexibility index (Phi) is 6.13. The average molecular weight is 382 g/mol. The minimum Gasteiger partial charge on any atom is -0.352 e. The number of sulfonamides is 1. The fraction of sp³-hybridized carbons (Fsp3) is 0.125. The summed E-state index contributed by atoms with van der Waals surface area (Å²) < 4.78 is 22.6. The van der Waals surface area contributed by atoms with E-state index < -0.39 is 10.0 Å². The second-order valence-electron chi connectivity index (χ2n) is 5.13. The maximum absolute atomic E-state index is 11.9. The summed E-state index contributed by atoms with van der Waals surface area (Å²) in [7, 11) is -3.84. The van der Waals surface area contributed by atoms with Gasteiger partial charge >= 0.3 is 0 Å². The normalized spacial score (nSPS) is 11.0. The number of carbonyl (C=O) groups excluding carboxylic acids is 2. The van der Waals surface area contributed by atoms with Gasteiger partial charge in [0, 0.05) is 29.2 Å². The molecule has 2 aromatic carbocycles. The molecule has 0 aliphatic rings. The Bertz CT molecular complexity index is 883. The lowest BCUT2D eigenvalue weighted by Gasteiger charge is -2.08. The van der Waals surface area contributed by atoms with Crippen molar-refractivity contribution in [3.05, 3.63) is 59.1 Å². The van der Waals surface area contributed by atoms with Gasteiger partial charge in [0.25, 0.3) is 5.91 Å². The molecule has 0 radical (unpaired) electrons. The number of hydrogen-bond acceptors (Lipinski definition) is 4. The summed E-state index contributed by atoms with van der Waals surface area (Å²) in [5.74, 6) is -0.691. The zero-order valence-electron chi connectivity index (χ0n) is 13.0. The summed E-state index contributed by atoms with van der Waals surface area (Å²) in [6, 6.07) is 12.0. The van der Waals surface area contributed by atoms with Crippen LogP contribution >= 0.6 is 11.6 Å². The molecule has 2 aromatic rings. The maximum atomic E-state index is 11.9. The minimum atomic E-state index is -3.84. The summed E-state index contributed by atoms with van der Waals surface area (Å²) in [6.07, 6.45) is 0.0267. The number of rotatable bonds is 6. The molecule has 132 valence electrons. The summed E-state index contributed by atoms with van der Waals surface area (Å²) in [5, 5.41) is 10.7. The third-order valence-corrected chi connectivity index (χ3v) is 4.35. The average Bonchev–Trinajstić information content (AvgIpc) is 2.55. The Balaban J connectivity index is 1.85. The van der Waals surface area contributed by atoms with Crippen LogP contribution in [0.1, 0.15) is 16.8 Å². The van der Waals surface area contributed by atoms with E-state index in [0.29, 0.717) is 16.3 Å². The Hall–Kier alpha value is -2.42. The van der Waals surface area contributed by atoms with Crippen LogP contribution in [0.25, 0.3) is 0 Å². The van der Waals surface area contributed by atoms with E-state index in [2.05, 4.69) is 10.6 Å². The van der Waals surface area contributed by atoms with Crippen LogP contribution in [0.3, 0.4) is 0 Å². The molecule has 2 amide bonds. The van der Waals surface area contributed by atoms with E-state index in [-0.39, 0.29) is 29.7 Å². The molecule has 25 heavy (non-hydrogen) atoms. The van der Waals surface area contributed by atoms with Gasteiger partial charge in [-0.15, -0.1) is 0 Å². The highest BCUT2D eigenvalue weighted by atomic mass is 35.5. The quantitative estimate of drug-likeness (QED) is 0.706. The SMILES string of the molecule is NS(=O)(=O)c1cccc(NC(=O)CCNC(=O)c2ccc(Cl)cc2)c1.